The molecule has 0 unspecified atom stereocenters. The number of amides is 1. The van der Waals surface area contributed by atoms with Gasteiger partial charge in [-0.05, 0) is 44.2 Å². The summed E-state index contributed by atoms with van der Waals surface area (Å²) in [7, 11) is 0. The highest BCUT2D eigenvalue weighted by molar-refractivity contribution is 5.91. The molecule has 1 aliphatic carbocycles. The van der Waals surface area contributed by atoms with Crippen molar-refractivity contribution >= 4 is 5.91 Å². The molecule has 106 valence electrons. The summed E-state index contributed by atoms with van der Waals surface area (Å²) in [5.41, 5.74) is 5.84. The zero-order valence-electron chi connectivity index (χ0n) is 11.1. The van der Waals surface area contributed by atoms with Crippen molar-refractivity contribution in [3.63, 3.8) is 0 Å². The van der Waals surface area contributed by atoms with Gasteiger partial charge in [-0.2, -0.15) is 0 Å². The Labute approximate surface area is 113 Å². The normalized spacial score (nSPS) is 23.2. The quantitative estimate of drug-likeness (QED) is 0.768. The van der Waals surface area contributed by atoms with Crippen molar-refractivity contribution in [2.45, 2.75) is 44.2 Å². The topological polar surface area (TPSA) is 77.5 Å². The van der Waals surface area contributed by atoms with Crippen molar-refractivity contribution in [3.05, 3.63) is 24.2 Å². The van der Waals surface area contributed by atoms with Gasteiger partial charge in [0.1, 0.15) is 0 Å². The predicted octanol–water partition coefficient (Wildman–Crippen LogP) is 1.69. The second kappa shape index (κ2) is 7.31. The van der Waals surface area contributed by atoms with Crippen LogP contribution in [-0.4, -0.2) is 31.2 Å². The highest BCUT2D eigenvalue weighted by Gasteiger charge is 2.18. The zero-order chi connectivity index (χ0) is 13.5. The zero-order valence-corrected chi connectivity index (χ0v) is 11.1. The maximum Gasteiger partial charge on any atom is 0.286 e. The summed E-state index contributed by atoms with van der Waals surface area (Å²) in [6, 6.07) is 3.70. The molecule has 1 aromatic heterocycles. The number of rotatable bonds is 6. The molecule has 0 aromatic carbocycles. The number of hydrogen-bond acceptors (Lipinski definition) is 4. The molecule has 0 bridgehead atoms. The minimum Gasteiger partial charge on any atom is -0.459 e. The lowest BCUT2D eigenvalue weighted by molar-refractivity contribution is 0.0241. The van der Waals surface area contributed by atoms with E-state index in [0.717, 1.165) is 32.1 Å². The van der Waals surface area contributed by atoms with Gasteiger partial charge in [0.05, 0.1) is 12.4 Å². The Morgan fingerprint density at radius 3 is 2.89 bits per heavy atom. The second-order valence-electron chi connectivity index (χ2n) is 4.99. The fourth-order valence-electron chi connectivity index (χ4n) is 2.27. The predicted molar refractivity (Wildman–Crippen MR) is 71.8 cm³/mol. The van der Waals surface area contributed by atoms with Gasteiger partial charge in [-0.25, -0.2) is 0 Å². The first-order valence-corrected chi connectivity index (χ1v) is 6.94. The van der Waals surface area contributed by atoms with Crippen LogP contribution in [0, 0.1) is 0 Å². The van der Waals surface area contributed by atoms with Gasteiger partial charge in [-0.1, -0.05) is 0 Å². The number of nitrogens with two attached hydrogens (primary N) is 1. The Morgan fingerprint density at radius 2 is 2.21 bits per heavy atom. The molecule has 1 saturated carbocycles. The lowest BCUT2D eigenvalue weighted by Crippen LogP contribution is -2.31. The van der Waals surface area contributed by atoms with E-state index in [-0.39, 0.29) is 5.91 Å². The standard InChI is InChI=1S/C14H22N2O3/c15-11-4-6-12(7-5-11)18-10-2-8-16-14(17)13-3-1-9-19-13/h1,3,9,11-12H,2,4-8,10,15H2,(H,16,17). The minimum absolute atomic E-state index is 0.173. The van der Waals surface area contributed by atoms with Crippen LogP contribution in [0.15, 0.2) is 22.8 Å². The Bertz CT molecular complexity index is 370. The van der Waals surface area contributed by atoms with Crippen molar-refractivity contribution in [3.8, 4) is 0 Å². The van der Waals surface area contributed by atoms with Crippen LogP contribution in [0.1, 0.15) is 42.7 Å². The molecule has 3 N–H and O–H groups in total. The average Bonchev–Trinajstić information content (AvgIpc) is 2.94. The fraction of sp³-hybridized carbons (Fsp3) is 0.643. The third-order valence-electron chi connectivity index (χ3n) is 3.42. The number of ether oxygens (including phenoxy) is 1. The fourth-order valence-corrected chi connectivity index (χ4v) is 2.27. The first-order valence-electron chi connectivity index (χ1n) is 6.94. The van der Waals surface area contributed by atoms with Gasteiger partial charge in [-0.3, -0.25) is 4.79 Å². The summed E-state index contributed by atoms with van der Waals surface area (Å²) in [4.78, 5) is 11.5. The molecule has 1 fully saturated rings. The van der Waals surface area contributed by atoms with Crippen molar-refractivity contribution in [2.75, 3.05) is 13.2 Å². The summed E-state index contributed by atoms with van der Waals surface area (Å²) in [6.45, 7) is 1.28. The largest absolute Gasteiger partial charge is 0.459 e. The molecule has 0 atom stereocenters. The molecule has 5 heteroatoms. The maximum absolute atomic E-state index is 11.5. The Hall–Kier alpha value is -1.33. The van der Waals surface area contributed by atoms with Crippen LogP contribution in [0.3, 0.4) is 0 Å². The number of nitrogens with one attached hydrogen (secondary N) is 1. The van der Waals surface area contributed by atoms with Gasteiger partial charge in [0.25, 0.3) is 5.91 Å². The summed E-state index contributed by atoms with van der Waals surface area (Å²) in [5.74, 6) is 0.177. The molecule has 1 heterocycles. The van der Waals surface area contributed by atoms with Crippen LogP contribution in [-0.2, 0) is 4.74 Å². The van der Waals surface area contributed by atoms with E-state index < -0.39 is 0 Å². The van der Waals surface area contributed by atoms with E-state index >= 15 is 0 Å². The monoisotopic (exact) mass is 266 g/mol. The summed E-state index contributed by atoms with van der Waals surface area (Å²) >= 11 is 0. The third kappa shape index (κ3) is 4.69. The highest BCUT2D eigenvalue weighted by Crippen LogP contribution is 2.19. The lowest BCUT2D eigenvalue weighted by Gasteiger charge is -2.26. The smallest absolute Gasteiger partial charge is 0.286 e. The molecular weight excluding hydrogens is 244 g/mol. The van der Waals surface area contributed by atoms with E-state index in [4.69, 9.17) is 14.9 Å². The van der Waals surface area contributed by atoms with Crippen molar-refractivity contribution < 1.29 is 13.9 Å². The molecule has 0 spiro atoms. The Kier molecular flexibility index (Phi) is 5.42. The number of furan rings is 1. The molecule has 2 rings (SSSR count). The van der Waals surface area contributed by atoms with E-state index in [1.54, 1.807) is 12.1 Å². The lowest BCUT2D eigenvalue weighted by atomic mass is 9.94. The summed E-state index contributed by atoms with van der Waals surface area (Å²) < 4.78 is 10.8. The highest BCUT2D eigenvalue weighted by atomic mass is 16.5. The van der Waals surface area contributed by atoms with Crippen LogP contribution >= 0.6 is 0 Å². The Morgan fingerprint density at radius 1 is 1.42 bits per heavy atom. The average molecular weight is 266 g/mol. The van der Waals surface area contributed by atoms with Gasteiger partial charge >= 0.3 is 0 Å². The summed E-state index contributed by atoms with van der Waals surface area (Å²) in [5, 5.41) is 2.80. The molecule has 1 aliphatic rings. The second-order valence-corrected chi connectivity index (χ2v) is 4.99. The first kappa shape index (κ1) is 14.1. The van der Waals surface area contributed by atoms with E-state index in [2.05, 4.69) is 5.32 Å². The molecule has 1 aromatic rings. The van der Waals surface area contributed by atoms with Crippen molar-refractivity contribution in [2.24, 2.45) is 5.73 Å². The van der Waals surface area contributed by atoms with Crippen LogP contribution < -0.4 is 11.1 Å². The molecule has 0 saturated heterocycles. The molecule has 19 heavy (non-hydrogen) atoms. The number of carbonyl (C=O) groups is 1. The third-order valence-corrected chi connectivity index (χ3v) is 3.42. The molecule has 1 amide bonds. The van der Waals surface area contributed by atoms with E-state index in [0.29, 0.717) is 31.1 Å². The van der Waals surface area contributed by atoms with Crippen LogP contribution in [0.5, 0.6) is 0 Å². The molecule has 5 nitrogen and oxygen atoms in total. The van der Waals surface area contributed by atoms with Gasteiger partial charge in [0.15, 0.2) is 5.76 Å². The first-order chi connectivity index (χ1) is 9.25. The SMILES string of the molecule is NC1CCC(OCCCNC(=O)c2ccco2)CC1. The van der Waals surface area contributed by atoms with Gasteiger partial charge in [0.2, 0.25) is 0 Å². The summed E-state index contributed by atoms with van der Waals surface area (Å²) in [6.07, 6.45) is 6.88. The maximum atomic E-state index is 11.5. The van der Waals surface area contributed by atoms with Gasteiger partial charge in [-0.15, -0.1) is 0 Å². The molecule has 0 aliphatic heterocycles. The molecular formula is C14H22N2O3. The number of carbonyl (C=O) groups excluding carboxylic acids is 1. The van der Waals surface area contributed by atoms with Crippen molar-refractivity contribution in [1.29, 1.82) is 0 Å². The van der Waals surface area contributed by atoms with Crippen molar-refractivity contribution in [1.82, 2.24) is 5.32 Å². The minimum atomic E-state index is -0.173. The van der Waals surface area contributed by atoms with Crippen LogP contribution in [0.2, 0.25) is 0 Å². The van der Waals surface area contributed by atoms with Gasteiger partial charge < -0.3 is 20.2 Å². The van der Waals surface area contributed by atoms with E-state index in [1.807, 2.05) is 0 Å². The Balaban J connectivity index is 1.51. The van der Waals surface area contributed by atoms with Crippen LogP contribution in [0.4, 0.5) is 0 Å². The van der Waals surface area contributed by atoms with Gasteiger partial charge in [0, 0.05) is 19.2 Å². The van der Waals surface area contributed by atoms with E-state index in [1.165, 1.54) is 6.26 Å². The van der Waals surface area contributed by atoms with E-state index in [9.17, 15) is 4.79 Å². The van der Waals surface area contributed by atoms with Crippen LogP contribution in [0.25, 0.3) is 0 Å². The molecule has 0 radical (unpaired) electrons. The number of hydrogen-bond donors (Lipinski definition) is 2.